The lowest BCUT2D eigenvalue weighted by Gasteiger charge is -2.22. The number of aliphatic hydroxyl groups excluding tert-OH is 1. The molecule has 4 rings (SSSR count). The van der Waals surface area contributed by atoms with Crippen LogP contribution < -0.4 is 0 Å². The summed E-state index contributed by atoms with van der Waals surface area (Å²) < 4.78 is 0. The molecule has 24 heavy (non-hydrogen) atoms. The highest BCUT2D eigenvalue weighted by molar-refractivity contribution is 5.86. The van der Waals surface area contributed by atoms with Gasteiger partial charge in [0.1, 0.15) is 0 Å². The number of benzene rings is 2. The molecule has 2 aliphatic carbocycles. The molecule has 0 aliphatic heterocycles. The van der Waals surface area contributed by atoms with Crippen LogP contribution in [0.2, 0.25) is 0 Å². The number of fused-ring (bicyclic) bond motifs is 1. The van der Waals surface area contributed by atoms with Crippen molar-refractivity contribution >= 4 is 16.7 Å². The molecular weight excluding hydrogens is 298 g/mol. The van der Waals surface area contributed by atoms with Gasteiger partial charge in [0, 0.05) is 25.1 Å². The molecule has 2 unspecified atom stereocenters. The van der Waals surface area contributed by atoms with Crippen molar-refractivity contribution in [2.24, 2.45) is 5.92 Å². The molecule has 2 saturated carbocycles. The fraction of sp³-hybridized carbons (Fsp3) is 0.476. The number of aliphatic hydroxyl groups is 1. The van der Waals surface area contributed by atoms with Gasteiger partial charge >= 0.3 is 0 Å². The smallest absolute Gasteiger partial charge is 0.226 e. The maximum atomic E-state index is 12.9. The van der Waals surface area contributed by atoms with E-state index < -0.39 is 0 Å². The second-order valence-electron chi connectivity index (χ2n) is 7.25. The number of hydrogen-bond acceptors (Lipinski definition) is 2. The fourth-order valence-corrected chi connectivity index (χ4v) is 3.74. The molecule has 0 bridgehead atoms. The first-order valence-electron chi connectivity index (χ1n) is 9.18. The topological polar surface area (TPSA) is 40.5 Å². The summed E-state index contributed by atoms with van der Waals surface area (Å²) in [6.07, 6.45) is 4.98. The summed E-state index contributed by atoms with van der Waals surface area (Å²) in [6, 6.07) is 15.5. The lowest BCUT2D eigenvalue weighted by molar-refractivity contribution is -0.133. The van der Waals surface area contributed by atoms with Crippen molar-refractivity contribution in [2.45, 2.75) is 44.1 Å². The number of rotatable bonds is 7. The Morgan fingerprint density at radius 2 is 1.88 bits per heavy atom. The van der Waals surface area contributed by atoms with E-state index in [0.29, 0.717) is 17.9 Å². The van der Waals surface area contributed by atoms with Gasteiger partial charge in [-0.1, -0.05) is 42.5 Å². The SMILES string of the molecule is O=C(C1CC1c1ccc2ccccc2c1)N(CCCCO)C1CC1. The molecule has 3 nitrogen and oxygen atoms in total. The van der Waals surface area contributed by atoms with Gasteiger partial charge < -0.3 is 10.0 Å². The average Bonchev–Trinajstić information content (AvgIpc) is 3.51. The van der Waals surface area contributed by atoms with Gasteiger partial charge in [0.05, 0.1) is 0 Å². The number of hydrogen-bond donors (Lipinski definition) is 1. The summed E-state index contributed by atoms with van der Waals surface area (Å²) in [7, 11) is 0. The van der Waals surface area contributed by atoms with Crippen molar-refractivity contribution in [1.82, 2.24) is 4.90 Å². The summed E-state index contributed by atoms with van der Waals surface area (Å²) in [5, 5.41) is 11.5. The van der Waals surface area contributed by atoms with E-state index in [0.717, 1.165) is 38.6 Å². The molecule has 3 heteroatoms. The minimum absolute atomic E-state index is 0.167. The van der Waals surface area contributed by atoms with Crippen molar-refractivity contribution in [3.05, 3.63) is 48.0 Å². The second kappa shape index (κ2) is 6.56. The molecule has 0 heterocycles. The van der Waals surface area contributed by atoms with Crippen molar-refractivity contribution in [2.75, 3.05) is 13.2 Å². The van der Waals surface area contributed by atoms with E-state index >= 15 is 0 Å². The zero-order valence-electron chi connectivity index (χ0n) is 14.0. The monoisotopic (exact) mass is 323 g/mol. The maximum absolute atomic E-state index is 12.9. The normalized spacial score (nSPS) is 22.5. The van der Waals surface area contributed by atoms with E-state index in [2.05, 4.69) is 47.4 Å². The lowest BCUT2D eigenvalue weighted by atomic mass is 10.0. The van der Waals surface area contributed by atoms with Gasteiger partial charge in [-0.2, -0.15) is 0 Å². The summed E-state index contributed by atoms with van der Waals surface area (Å²) in [4.78, 5) is 15.0. The second-order valence-corrected chi connectivity index (χ2v) is 7.25. The molecule has 0 radical (unpaired) electrons. The van der Waals surface area contributed by atoms with E-state index in [4.69, 9.17) is 5.11 Å². The molecule has 1 amide bonds. The van der Waals surface area contributed by atoms with Gasteiger partial charge in [-0.05, 0) is 54.4 Å². The molecule has 1 N–H and O–H groups in total. The van der Waals surface area contributed by atoms with Gasteiger partial charge in [0.15, 0.2) is 0 Å². The molecule has 0 spiro atoms. The molecule has 0 saturated heterocycles. The summed E-state index contributed by atoms with van der Waals surface area (Å²) >= 11 is 0. The Morgan fingerprint density at radius 1 is 1.08 bits per heavy atom. The van der Waals surface area contributed by atoms with Crippen LogP contribution in [0.3, 0.4) is 0 Å². The molecule has 2 aromatic rings. The Kier molecular flexibility index (Phi) is 4.28. The molecule has 2 fully saturated rings. The standard InChI is InChI=1S/C21H25NO2/c23-12-4-3-11-22(18-9-10-18)21(24)20-14-19(20)17-8-7-15-5-1-2-6-16(15)13-17/h1-2,5-8,13,18-20,23H,3-4,9-12,14H2. The van der Waals surface area contributed by atoms with Crippen LogP contribution in [0.4, 0.5) is 0 Å². The number of carbonyl (C=O) groups excluding carboxylic acids is 1. The minimum atomic E-state index is 0.167. The third kappa shape index (κ3) is 3.18. The van der Waals surface area contributed by atoms with Crippen LogP contribution in [0.25, 0.3) is 10.8 Å². The largest absolute Gasteiger partial charge is 0.396 e. The van der Waals surface area contributed by atoms with Crippen LogP contribution in [-0.4, -0.2) is 35.1 Å². The van der Waals surface area contributed by atoms with Gasteiger partial charge in [0.25, 0.3) is 0 Å². The molecular formula is C21H25NO2. The predicted molar refractivity (Wildman–Crippen MR) is 95.9 cm³/mol. The number of nitrogens with zero attached hydrogens (tertiary/aromatic N) is 1. The Morgan fingerprint density at radius 3 is 2.62 bits per heavy atom. The zero-order valence-corrected chi connectivity index (χ0v) is 14.0. The minimum Gasteiger partial charge on any atom is -0.396 e. The Labute approximate surface area is 143 Å². The van der Waals surface area contributed by atoms with Gasteiger partial charge in [-0.3, -0.25) is 4.79 Å². The van der Waals surface area contributed by atoms with E-state index in [1.165, 1.54) is 16.3 Å². The Balaban J connectivity index is 1.44. The first kappa shape index (κ1) is 15.6. The zero-order chi connectivity index (χ0) is 16.5. The summed E-state index contributed by atoms with van der Waals surface area (Å²) in [6.45, 7) is 1.03. The molecule has 126 valence electrons. The van der Waals surface area contributed by atoms with Gasteiger partial charge in [-0.15, -0.1) is 0 Å². The summed E-state index contributed by atoms with van der Waals surface area (Å²) in [5.41, 5.74) is 1.30. The van der Waals surface area contributed by atoms with Crippen molar-refractivity contribution in [3.63, 3.8) is 0 Å². The number of unbranched alkanes of at least 4 members (excludes halogenated alkanes) is 1. The van der Waals surface area contributed by atoms with Crippen molar-refractivity contribution in [1.29, 1.82) is 0 Å². The lowest BCUT2D eigenvalue weighted by Crippen LogP contribution is -2.35. The van der Waals surface area contributed by atoms with E-state index in [1.807, 2.05) is 0 Å². The van der Waals surface area contributed by atoms with E-state index in [1.54, 1.807) is 0 Å². The van der Waals surface area contributed by atoms with Crippen molar-refractivity contribution < 1.29 is 9.90 Å². The first-order chi connectivity index (χ1) is 11.8. The van der Waals surface area contributed by atoms with Gasteiger partial charge in [0.2, 0.25) is 5.91 Å². The average molecular weight is 323 g/mol. The predicted octanol–water partition coefficient (Wildman–Crippen LogP) is 3.71. The molecule has 0 aromatic heterocycles. The Bertz CT molecular complexity index is 737. The van der Waals surface area contributed by atoms with Crippen LogP contribution in [0.5, 0.6) is 0 Å². The van der Waals surface area contributed by atoms with E-state index in [9.17, 15) is 4.79 Å². The van der Waals surface area contributed by atoms with Crippen LogP contribution in [0, 0.1) is 5.92 Å². The first-order valence-corrected chi connectivity index (χ1v) is 9.18. The third-order valence-electron chi connectivity index (χ3n) is 5.39. The molecule has 2 aliphatic rings. The van der Waals surface area contributed by atoms with Crippen LogP contribution >= 0.6 is 0 Å². The number of amides is 1. The number of carbonyl (C=O) groups is 1. The van der Waals surface area contributed by atoms with Crippen LogP contribution in [-0.2, 0) is 4.79 Å². The van der Waals surface area contributed by atoms with Gasteiger partial charge in [-0.25, -0.2) is 0 Å². The quantitative estimate of drug-likeness (QED) is 0.789. The highest BCUT2D eigenvalue weighted by Crippen LogP contribution is 2.50. The van der Waals surface area contributed by atoms with Crippen LogP contribution in [0.15, 0.2) is 42.5 Å². The van der Waals surface area contributed by atoms with Crippen molar-refractivity contribution in [3.8, 4) is 0 Å². The Hall–Kier alpha value is -1.87. The molecule has 2 atom stereocenters. The molecule has 2 aromatic carbocycles. The van der Waals surface area contributed by atoms with E-state index in [-0.39, 0.29) is 12.5 Å². The summed E-state index contributed by atoms with van der Waals surface area (Å²) in [5.74, 6) is 0.899. The fourth-order valence-electron chi connectivity index (χ4n) is 3.74. The third-order valence-corrected chi connectivity index (χ3v) is 5.39. The highest BCUT2D eigenvalue weighted by atomic mass is 16.3. The maximum Gasteiger partial charge on any atom is 0.226 e. The highest BCUT2D eigenvalue weighted by Gasteiger charge is 2.48. The van der Waals surface area contributed by atoms with Crippen LogP contribution in [0.1, 0.15) is 43.6 Å².